The van der Waals surface area contributed by atoms with Crippen molar-refractivity contribution in [3.05, 3.63) is 54.7 Å². The fourth-order valence-electron chi connectivity index (χ4n) is 2.27. The summed E-state index contributed by atoms with van der Waals surface area (Å²) in [5, 5.41) is 11.6. The maximum atomic E-state index is 5.78. The molecule has 0 bridgehead atoms. The fourth-order valence-corrected chi connectivity index (χ4v) is 2.27. The zero-order valence-corrected chi connectivity index (χ0v) is 12.0. The van der Waals surface area contributed by atoms with Gasteiger partial charge in [0.05, 0.1) is 18.4 Å². The van der Waals surface area contributed by atoms with Crippen LogP contribution < -0.4 is 11.1 Å². The first-order valence-electron chi connectivity index (χ1n) is 6.96. The van der Waals surface area contributed by atoms with Gasteiger partial charge in [-0.3, -0.25) is 0 Å². The normalized spacial score (nSPS) is 11.0. The van der Waals surface area contributed by atoms with E-state index in [2.05, 4.69) is 30.5 Å². The number of nitrogens with one attached hydrogen (secondary N) is 1. The van der Waals surface area contributed by atoms with Crippen molar-refractivity contribution in [1.29, 1.82) is 0 Å². The van der Waals surface area contributed by atoms with Gasteiger partial charge in [-0.2, -0.15) is 20.2 Å². The molecule has 0 saturated heterocycles. The molecule has 23 heavy (non-hydrogen) atoms. The summed E-state index contributed by atoms with van der Waals surface area (Å²) in [6.45, 7) is 0.524. The molecule has 0 spiro atoms. The van der Waals surface area contributed by atoms with Gasteiger partial charge in [0.25, 0.3) is 0 Å². The Morgan fingerprint density at radius 3 is 2.91 bits per heavy atom. The van der Waals surface area contributed by atoms with Crippen molar-refractivity contribution in [3.63, 3.8) is 0 Å². The third kappa shape index (κ3) is 2.55. The molecule has 4 rings (SSSR count). The standard InChI is InChI=1S/C14H13N9/c15-14-20-11(8-13(21-14)22-7-1-4-18-22)17-9-10-2-5-16-12-3-6-19-23(10)12/h1-8H,9H2,(H3,15,17,20,21). The number of hydrogen-bond donors (Lipinski definition) is 2. The molecule has 4 heterocycles. The molecule has 3 N–H and O–H groups in total. The minimum absolute atomic E-state index is 0.180. The Kier molecular flexibility index (Phi) is 3.08. The molecular weight excluding hydrogens is 294 g/mol. The molecule has 114 valence electrons. The quantitative estimate of drug-likeness (QED) is 0.576. The van der Waals surface area contributed by atoms with Gasteiger partial charge in [-0.1, -0.05) is 0 Å². The second-order valence-corrected chi connectivity index (χ2v) is 4.81. The summed E-state index contributed by atoms with van der Waals surface area (Å²) in [6.07, 6.45) is 6.93. The molecule has 0 fully saturated rings. The molecule has 0 aliphatic rings. The lowest BCUT2D eigenvalue weighted by molar-refractivity contribution is 0.836. The molecule has 0 atom stereocenters. The van der Waals surface area contributed by atoms with Crippen LogP contribution in [0.2, 0.25) is 0 Å². The number of hydrogen-bond acceptors (Lipinski definition) is 7. The van der Waals surface area contributed by atoms with E-state index in [1.807, 2.05) is 18.2 Å². The minimum atomic E-state index is 0.180. The van der Waals surface area contributed by atoms with Crippen LogP contribution in [0.4, 0.5) is 11.8 Å². The van der Waals surface area contributed by atoms with Crippen LogP contribution in [0.1, 0.15) is 5.69 Å². The molecule has 0 amide bonds. The summed E-state index contributed by atoms with van der Waals surface area (Å²) in [5.41, 5.74) is 7.53. The summed E-state index contributed by atoms with van der Waals surface area (Å²) < 4.78 is 3.40. The molecule has 0 saturated carbocycles. The molecule has 4 aromatic rings. The molecule has 9 nitrogen and oxygen atoms in total. The van der Waals surface area contributed by atoms with Gasteiger partial charge in [0, 0.05) is 30.7 Å². The minimum Gasteiger partial charge on any atom is -0.368 e. The smallest absolute Gasteiger partial charge is 0.224 e. The second kappa shape index (κ2) is 5.37. The number of nitrogens with two attached hydrogens (primary N) is 1. The number of aromatic nitrogens is 7. The Labute approximate surface area is 130 Å². The van der Waals surface area contributed by atoms with Gasteiger partial charge in [-0.15, -0.1) is 0 Å². The Hall–Kier alpha value is -3.49. The molecular formula is C14H13N9. The highest BCUT2D eigenvalue weighted by Gasteiger charge is 2.06. The highest BCUT2D eigenvalue weighted by Crippen LogP contribution is 2.13. The van der Waals surface area contributed by atoms with E-state index >= 15 is 0 Å². The maximum Gasteiger partial charge on any atom is 0.224 e. The predicted octanol–water partition coefficient (Wildman–Crippen LogP) is 0.899. The van der Waals surface area contributed by atoms with Gasteiger partial charge in [0.1, 0.15) is 5.82 Å². The molecule has 0 radical (unpaired) electrons. The molecule has 0 aliphatic heterocycles. The van der Waals surface area contributed by atoms with E-state index in [0.717, 1.165) is 11.3 Å². The number of rotatable bonds is 4. The zero-order valence-electron chi connectivity index (χ0n) is 12.0. The van der Waals surface area contributed by atoms with Crippen molar-refractivity contribution in [2.45, 2.75) is 6.54 Å². The van der Waals surface area contributed by atoms with Gasteiger partial charge in [-0.05, 0) is 12.1 Å². The number of nitrogens with zero attached hydrogens (tertiary/aromatic N) is 7. The van der Waals surface area contributed by atoms with Crippen molar-refractivity contribution in [2.24, 2.45) is 0 Å². The fraction of sp³-hybridized carbons (Fsp3) is 0.0714. The lowest BCUT2D eigenvalue weighted by atomic mass is 10.4. The van der Waals surface area contributed by atoms with Crippen LogP contribution in [0.5, 0.6) is 0 Å². The summed E-state index contributed by atoms with van der Waals surface area (Å²) in [5.74, 6) is 1.39. The van der Waals surface area contributed by atoms with Crippen molar-refractivity contribution in [1.82, 2.24) is 34.3 Å². The highest BCUT2D eigenvalue weighted by molar-refractivity contribution is 5.46. The van der Waals surface area contributed by atoms with Crippen LogP contribution in [-0.2, 0) is 6.54 Å². The van der Waals surface area contributed by atoms with Crippen molar-refractivity contribution in [2.75, 3.05) is 11.1 Å². The van der Waals surface area contributed by atoms with Crippen LogP contribution >= 0.6 is 0 Å². The Bertz CT molecular complexity index is 942. The third-order valence-electron chi connectivity index (χ3n) is 3.29. The SMILES string of the molecule is Nc1nc(NCc2ccnc3ccnn23)cc(-n2cccn2)n1. The molecule has 4 aromatic heterocycles. The number of anilines is 2. The first-order valence-corrected chi connectivity index (χ1v) is 6.96. The summed E-state index contributed by atoms with van der Waals surface area (Å²) in [4.78, 5) is 12.6. The number of nitrogen functional groups attached to an aromatic ring is 1. The average molecular weight is 307 g/mol. The van der Waals surface area contributed by atoms with Gasteiger partial charge in [-0.25, -0.2) is 14.2 Å². The Morgan fingerprint density at radius 1 is 1.09 bits per heavy atom. The molecule has 0 unspecified atom stereocenters. The summed E-state index contributed by atoms with van der Waals surface area (Å²) in [6, 6.07) is 7.34. The first kappa shape index (κ1) is 13.2. The number of fused-ring (bicyclic) bond motifs is 1. The summed E-state index contributed by atoms with van der Waals surface area (Å²) >= 11 is 0. The molecule has 0 aliphatic carbocycles. The zero-order chi connectivity index (χ0) is 15.6. The first-order chi connectivity index (χ1) is 11.3. The lowest BCUT2D eigenvalue weighted by Crippen LogP contribution is -2.10. The maximum absolute atomic E-state index is 5.78. The van der Waals surface area contributed by atoms with E-state index in [1.165, 1.54) is 0 Å². The van der Waals surface area contributed by atoms with Crippen molar-refractivity contribution in [3.8, 4) is 5.82 Å². The average Bonchev–Trinajstić information content (AvgIpc) is 3.23. The second-order valence-electron chi connectivity index (χ2n) is 4.81. The van der Waals surface area contributed by atoms with Crippen LogP contribution in [0.3, 0.4) is 0 Å². The summed E-state index contributed by atoms with van der Waals surface area (Å²) in [7, 11) is 0. The topological polar surface area (TPSA) is 112 Å². The van der Waals surface area contributed by atoms with E-state index in [4.69, 9.17) is 5.73 Å². The molecule has 0 aromatic carbocycles. The Balaban J connectivity index is 1.61. The van der Waals surface area contributed by atoms with Gasteiger partial charge in [0.2, 0.25) is 5.95 Å². The largest absolute Gasteiger partial charge is 0.368 e. The lowest BCUT2D eigenvalue weighted by Gasteiger charge is -2.09. The van der Waals surface area contributed by atoms with E-state index in [-0.39, 0.29) is 5.95 Å². The van der Waals surface area contributed by atoms with Gasteiger partial charge < -0.3 is 11.1 Å². The molecule has 9 heteroatoms. The van der Waals surface area contributed by atoms with Gasteiger partial charge in [0.15, 0.2) is 11.5 Å². The van der Waals surface area contributed by atoms with E-state index in [0.29, 0.717) is 18.2 Å². The van der Waals surface area contributed by atoms with Crippen LogP contribution in [0.25, 0.3) is 11.5 Å². The van der Waals surface area contributed by atoms with E-state index in [9.17, 15) is 0 Å². The van der Waals surface area contributed by atoms with E-state index < -0.39 is 0 Å². The van der Waals surface area contributed by atoms with Crippen molar-refractivity contribution < 1.29 is 0 Å². The van der Waals surface area contributed by atoms with Crippen LogP contribution in [0, 0.1) is 0 Å². The predicted molar refractivity (Wildman–Crippen MR) is 83.9 cm³/mol. The monoisotopic (exact) mass is 307 g/mol. The van der Waals surface area contributed by atoms with Crippen LogP contribution in [-0.4, -0.2) is 34.3 Å². The highest BCUT2D eigenvalue weighted by atomic mass is 15.3. The van der Waals surface area contributed by atoms with Crippen LogP contribution in [0.15, 0.2) is 49.1 Å². The van der Waals surface area contributed by atoms with Crippen molar-refractivity contribution >= 4 is 17.4 Å². The Morgan fingerprint density at radius 2 is 2.04 bits per heavy atom. The van der Waals surface area contributed by atoms with Gasteiger partial charge >= 0.3 is 0 Å². The third-order valence-corrected chi connectivity index (χ3v) is 3.29. The van der Waals surface area contributed by atoms with E-state index in [1.54, 1.807) is 40.1 Å².